The number of methoxy groups -OCH3 is 1. The molecule has 0 radical (unpaired) electrons. The normalized spacial score (nSPS) is 17.4. The second-order valence-electron chi connectivity index (χ2n) is 10.4. The molecule has 42 heavy (non-hydrogen) atoms. The van der Waals surface area contributed by atoms with E-state index < -0.39 is 5.82 Å². The number of ether oxygens (including phenoxy) is 1. The molecule has 3 aromatic rings. The largest absolute Gasteiger partial charge is 0.494 e. The Hall–Kier alpha value is -3.93. The van der Waals surface area contributed by atoms with Crippen LogP contribution in [0.3, 0.4) is 0 Å². The summed E-state index contributed by atoms with van der Waals surface area (Å²) < 4.78 is 19.5. The average Bonchev–Trinajstić information content (AvgIpc) is 3.49. The van der Waals surface area contributed by atoms with Crippen LogP contribution in [0.25, 0.3) is 0 Å². The third kappa shape index (κ3) is 6.43. The monoisotopic (exact) mass is 595 g/mol. The van der Waals surface area contributed by atoms with Crippen LogP contribution in [0.4, 0.5) is 33.1 Å². The Kier molecular flexibility index (Phi) is 9.10. The van der Waals surface area contributed by atoms with Gasteiger partial charge in [0.15, 0.2) is 5.82 Å². The van der Waals surface area contributed by atoms with E-state index in [-0.39, 0.29) is 17.0 Å². The number of nitrogens with one attached hydrogen (secondary N) is 2. The van der Waals surface area contributed by atoms with Gasteiger partial charge in [0.2, 0.25) is 5.91 Å². The van der Waals surface area contributed by atoms with E-state index in [0.717, 1.165) is 37.4 Å². The number of hydroxylamine groups is 1. The second kappa shape index (κ2) is 12.9. The van der Waals surface area contributed by atoms with Gasteiger partial charge >= 0.3 is 0 Å². The van der Waals surface area contributed by atoms with Crippen molar-refractivity contribution in [2.45, 2.75) is 32.4 Å². The average molecular weight is 596 g/mol. The zero-order chi connectivity index (χ0) is 29.8. The molecule has 2 fully saturated rings. The number of carbonyl (C=O) groups is 1. The number of nitrogens with zero attached hydrogens (tertiary/aromatic N) is 5. The van der Waals surface area contributed by atoms with Crippen molar-refractivity contribution in [1.82, 2.24) is 14.9 Å². The van der Waals surface area contributed by atoms with E-state index in [4.69, 9.17) is 21.2 Å². The maximum atomic E-state index is 13.8. The number of anilines is 5. The molecule has 2 aliphatic heterocycles. The first kappa shape index (κ1) is 29.6. The van der Waals surface area contributed by atoms with Crippen LogP contribution in [-0.4, -0.2) is 66.7 Å². The maximum Gasteiger partial charge on any atom is 0.247 e. The van der Waals surface area contributed by atoms with E-state index in [1.165, 1.54) is 18.5 Å². The first-order chi connectivity index (χ1) is 20.3. The summed E-state index contributed by atoms with van der Waals surface area (Å²) in [5.41, 5.74) is 2.92. The predicted molar refractivity (Wildman–Crippen MR) is 163 cm³/mol. The lowest BCUT2D eigenvalue weighted by molar-refractivity contribution is -0.111. The van der Waals surface area contributed by atoms with Gasteiger partial charge in [-0.3, -0.25) is 14.5 Å². The van der Waals surface area contributed by atoms with Crippen molar-refractivity contribution < 1.29 is 18.8 Å². The quantitative estimate of drug-likeness (QED) is 0.308. The first-order valence-corrected chi connectivity index (χ1v) is 14.3. The van der Waals surface area contributed by atoms with Crippen LogP contribution in [0, 0.1) is 5.82 Å². The molecule has 12 heteroatoms. The highest BCUT2D eigenvalue weighted by molar-refractivity contribution is 6.30. The predicted octanol–water partition coefficient (Wildman–Crippen LogP) is 5.56. The lowest BCUT2D eigenvalue weighted by atomic mass is 10.0. The summed E-state index contributed by atoms with van der Waals surface area (Å²) in [4.78, 5) is 31.8. The van der Waals surface area contributed by atoms with Crippen molar-refractivity contribution in [2.24, 2.45) is 0 Å². The van der Waals surface area contributed by atoms with Gasteiger partial charge in [-0.1, -0.05) is 24.2 Å². The van der Waals surface area contributed by atoms with Gasteiger partial charge in [0.25, 0.3) is 0 Å². The Bertz CT molecular complexity index is 1450. The molecule has 3 heterocycles. The van der Waals surface area contributed by atoms with Crippen LogP contribution in [0.2, 0.25) is 5.02 Å². The number of aromatic nitrogens is 2. The molecule has 0 spiro atoms. The number of hydrogen-bond acceptors (Lipinski definition) is 9. The fraction of sp³-hybridized carbons (Fsp3) is 0.367. The van der Waals surface area contributed by atoms with Crippen molar-refractivity contribution in [2.75, 3.05) is 60.5 Å². The standard InChI is InChI=1S/C30H35ClFN7O3/c1-5-30(40)36-23-15-24(27(41-4)16-26(23)38-11-9-37(10-12-38)19(2)3)35-28-17-29(34-18-33-28)39-25(8-13-42-39)20-6-7-22(32)21(31)14-20/h5-7,14-19,25H,1,8-13H2,2-4H3,(H,36,40)(H,33,34,35)/t25-/m1/s1. The van der Waals surface area contributed by atoms with Gasteiger partial charge in [-0.25, -0.2) is 19.4 Å². The Morgan fingerprint density at radius 2 is 1.95 bits per heavy atom. The smallest absolute Gasteiger partial charge is 0.247 e. The minimum Gasteiger partial charge on any atom is -0.494 e. The number of amides is 1. The van der Waals surface area contributed by atoms with E-state index in [1.807, 2.05) is 12.1 Å². The molecule has 1 atom stereocenters. The number of halogens is 2. The SMILES string of the molecule is C=CC(=O)Nc1cc(Nc2cc(N3OCC[C@@H]3c3ccc(F)c(Cl)c3)ncn2)c(OC)cc1N1CCN(C(C)C)CC1. The summed E-state index contributed by atoms with van der Waals surface area (Å²) in [7, 11) is 1.60. The molecule has 222 valence electrons. The maximum absolute atomic E-state index is 13.8. The van der Waals surface area contributed by atoms with E-state index in [0.29, 0.717) is 47.8 Å². The van der Waals surface area contributed by atoms with E-state index in [2.05, 4.69) is 50.8 Å². The highest BCUT2D eigenvalue weighted by Crippen LogP contribution is 2.40. The zero-order valence-electron chi connectivity index (χ0n) is 23.9. The van der Waals surface area contributed by atoms with Crippen molar-refractivity contribution in [1.29, 1.82) is 0 Å². The summed E-state index contributed by atoms with van der Waals surface area (Å²) >= 11 is 6.04. The van der Waals surface area contributed by atoms with Crippen LogP contribution in [0.1, 0.15) is 31.9 Å². The summed E-state index contributed by atoms with van der Waals surface area (Å²) in [5.74, 6) is 0.819. The molecule has 2 N–H and O–H groups in total. The third-order valence-electron chi connectivity index (χ3n) is 7.52. The Morgan fingerprint density at radius 1 is 1.17 bits per heavy atom. The lowest BCUT2D eigenvalue weighted by Crippen LogP contribution is -2.49. The van der Waals surface area contributed by atoms with Gasteiger partial charge in [0.1, 0.15) is 23.7 Å². The minimum absolute atomic E-state index is 0.0566. The summed E-state index contributed by atoms with van der Waals surface area (Å²) in [5, 5.41) is 8.00. The minimum atomic E-state index is -0.471. The molecule has 2 saturated heterocycles. The number of rotatable bonds is 9. The van der Waals surface area contributed by atoms with E-state index >= 15 is 0 Å². The molecule has 0 saturated carbocycles. The van der Waals surface area contributed by atoms with Crippen molar-refractivity contribution in [3.8, 4) is 5.75 Å². The number of benzene rings is 2. The molecule has 2 aromatic carbocycles. The molecule has 0 unspecified atom stereocenters. The lowest BCUT2D eigenvalue weighted by Gasteiger charge is -2.39. The number of carbonyl (C=O) groups excluding carboxylic acids is 1. The van der Waals surface area contributed by atoms with Gasteiger partial charge in [-0.15, -0.1) is 0 Å². The van der Waals surface area contributed by atoms with Crippen LogP contribution >= 0.6 is 11.6 Å². The van der Waals surface area contributed by atoms with Crippen LogP contribution < -0.4 is 25.3 Å². The Labute approximate surface area is 250 Å². The Morgan fingerprint density at radius 3 is 2.64 bits per heavy atom. The highest BCUT2D eigenvalue weighted by Gasteiger charge is 2.30. The summed E-state index contributed by atoms with van der Waals surface area (Å²) in [6.07, 6.45) is 3.36. The van der Waals surface area contributed by atoms with Crippen LogP contribution in [-0.2, 0) is 9.63 Å². The van der Waals surface area contributed by atoms with Gasteiger partial charge in [0, 0.05) is 50.8 Å². The first-order valence-electron chi connectivity index (χ1n) is 13.9. The second-order valence-corrected chi connectivity index (χ2v) is 10.8. The van der Waals surface area contributed by atoms with Crippen LogP contribution in [0.15, 0.2) is 55.4 Å². The molecule has 1 aromatic heterocycles. The summed E-state index contributed by atoms with van der Waals surface area (Å²) in [6, 6.07) is 10.4. The van der Waals surface area contributed by atoms with Gasteiger partial charge < -0.3 is 20.3 Å². The molecule has 5 rings (SSSR count). The highest BCUT2D eigenvalue weighted by atomic mass is 35.5. The van der Waals surface area contributed by atoms with Gasteiger partial charge in [-0.05, 0) is 43.7 Å². The molecule has 10 nitrogen and oxygen atoms in total. The van der Waals surface area contributed by atoms with Crippen molar-refractivity contribution in [3.63, 3.8) is 0 Å². The fourth-order valence-corrected chi connectivity index (χ4v) is 5.44. The Balaban J connectivity index is 1.42. The molecule has 1 amide bonds. The molecule has 2 aliphatic rings. The number of hydrogen-bond donors (Lipinski definition) is 2. The molecular formula is C30H35ClFN7O3. The third-order valence-corrected chi connectivity index (χ3v) is 7.81. The van der Waals surface area contributed by atoms with Crippen molar-refractivity contribution >= 4 is 46.2 Å². The van der Waals surface area contributed by atoms with Crippen LogP contribution in [0.5, 0.6) is 5.75 Å². The zero-order valence-corrected chi connectivity index (χ0v) is 24.7. The fourth-order valence-electron chi connectivity index (χ4n) is 5.25. The number of piperazine rings is 1. The van der Waals surface area contributed by atoms with Gasteiger partial charge in [0.05, 0.1) is 41.8 Å². The van der Waals surface area contributed by atoms with Gasteiger partial charge in [-0.2, -0.15) is 0 Å². The molecular weight excluding hydrogens is 561 g/mol. The molecule has 0 bridgehead atoms. The van der Waals surface area contributed by atoms with Crippen molar-refractivity contribution in [3.05, 3.63) is 71.8 Å². The summed E-state index contributed by atoms with van der Waals surface area (Å²) in [6.45, 7) is 11.9. The molecule has 0 aliphatic carbocycles. The topological polar surface area (TPSA) is 95.1 Å². The van der Waals surface area contributed by atoms with E-state index in [9.17, 15) is 9.18 Å². The van der Waals surface area contributed by atoms with E-state index in [1.54, 1.807) is 30.4 Å².